The Morgan fingerprint density at radius 2 is 2.09 bits per heavy atom. The number of hydrogen-bond acceptors (Lipinski definition) is 5. The maximum Gasteiger partial charge on any atom is 0.162 e. The van der Waals surface area contributed by atoms with E-state index >= 15 is 0 Å². The molecule has 0 radical (unpaired) electrons. The molecule has 0 aliphatic carbocycles. The number of phenols is 1. The number of aliphatic imine (C=N–C) groups is 1. The van der Waals surface area contributed by atoms with Crippen LogP contribution in [0.25, 0.3) is 0 Å². The molecule has 3 rings (SSSR count). The normalized spacial score (nSPS) is 14.0. The van der Waals surface area contributed by atoms with Crippen LogP contribution in [0, 0.1) is 6.92 Å². The zero-order valence-corrected chi connectivity index (χ0v) is 13.7. The van der Waals surface area contributed by atoms with Crippen molar-refractivity contribution in [2.75, 3.05) is 11.4 Å². The van der Waals surface area contributed by atoms with Crippen LogP contribution in [0.4, 0.5) is 17.2 Å². The highest BCUT2D eigenvalue weighted by molar-refractivity contribution is 5.99. The third-order valence-electron chi connectivity index (χ3n) is 4.10. The standard InChI is InChI=1S/C18H20N4O/c1-11(2)12(3)21-17-13(4)19-10-20-18(17)22-8-7-14-9-15(23)5-6-16(14)22/h5-6,9-10,23H,1,7-8H2,2-4H3. The number of fused-ring (bicyclic) bond motifs is 1. The van der Waals surface area contributed by atoms with Gasteiger partial charge in [-0.25, -0.2) is 15.0 Å². The number of nitrogens with zero attached hydrogens (tertiary/aromatic N) is 4. The second kappa shape index (κ2) is 5.83. The molecule has 5 heteroatoms. The van der Waals surface area contributed by atoms with E-state index in [-0.39, 0.29) is 0 Å². The molecule has 1 aromatic heterocycles. The van der Waals surface area contributed by atoms with Gasteiger partial charge in [0.2, 0.25) is 0 Å². The molecule has 0 saturated carbocycles. The van der Waals surface area contributed by atoms with E-state index in [1.165, 1.54) is 0 Å². The van der Waals surface area contributed by atoms with Crippen LogP contribution < -0.4 is 4.90 Å². The molecule has 23 heavy (non-hydrogen) atoms. The lowest BCUT2D eigenvalue weighted by atomic mass is 10.1. The molecule has 0 atom stereocenters. The number of phenolic OH excluding ortho intramolecular Hbond substituents is 1. The Morgan fingerprint density at radius 3 is 2.83 bits per heavy atom. The summed E-state index contributed by atoms with van der Waals surface area (Å²) in [7, 11) is 0. The first-order valence-electron chi connectivity index (χ1n) is 7.59. The van der Waals surface area contributed by atoms with Crippen LogP contribution in [0.3, 0.4) is 0 Å². The summed E-state index contributed by atoms with van der Waals surface area (Å²) in [4.78, 5) is 15.6. The molecule has 0 fully saturated rings. The Bertz CT molecular complexity index is 811. The van der Waals surface area contributed by atoms with Gasteiger partial charge >= 0.3 is 0 Å². The Kier molecular flexibility index (Phi) is 3.86. The minimum Gasteiger partial charge on any atom is -0.508 e. The molecule has 0 bridgehead atoms. The number of aryl methyl sites for hydroxylation is 1. The maximum absolute atomic E-state index is 9.66. The summed E-state index contributed by atoms with van der Waals surface area (Å²) in [6, 6.07) is 5.44. The lowest BCUT2D eigenvalue weighted by Crippen LogP contribution is -2.15. The van der Waals surface area contributed by atoms with Crippen molar-refractivity contribution in [3.05, 3.63) is 47.9 Å². The molecule has 1 N–H and O–H groups in total. The average molecular weight is 308 g/mol. The molecule has 1 aromatic carbocycles. The van der Waals surface area contributed by atoms with Gasteiger partial charge in [0.1, 0.15) is 17.8 Å². The molecule has 0 unspecified atom stereocenters. The highest BCUT2D eigenvalue weighted by Gasteiger charge is 2.25. The number of anilines is 2. The van der Waals surface area contributed by atoms with Crippen LogP contribution in [0.15, 0.2) is 41.7 Å². The molecular formula is C18H20N4O. The third kappa shape index (κ3) is 2.82. The molecular weight excluding hydrogens is 288 g/mol. The first-order valence-corrected chi connectivity index (χ1v) is 7.59. The van der Waals surface area contributed by atoms with E-state index in [1.807, 2.05) is 32.9 Å². The Morgan fingerprint density at radius 1 is 1.30 bits per heavy atom. The van der Waals surface area contributed by atoms with Crippen molar-refractivity contribution in [3.63, 3.8) is 0 Å². The zero-order valence-electron chi connectivity index (χ0n) is 13.7. The summed E-state index contributed by atoms with van der Waals surface area (Å²) in [5.74, 6) is 1.09. The van der Waals surface area contributed by atoms with Gasteiger partial charge in [-0.15, -0.1) is 0 Å². The minimum absolute atomic E-state index is 0.292. The van der Waals surface area contributed by atoms with Crippen molar-refractivity contribution < 1.29 is 5.11 Å². The minimum atomic E-state index is 0.292. The summed E-state index contributed by atoms with van der Waals surface area (Å²) >= 11 is 0. The fraction of sp³-hybridized carbons (Fsp3) is 0.278. The van der Waals surface area contributed by atoms with Gasteiger partial charge in [-0.1, -0.05) is 6.58 Å². The maximum atomic E-state index is 9.66. The Balaban J connectivity index is 2.11. The molecule has 0 saturated heterocycles. The van der Waals surface area contributed by atoms with Crippen molar-refractivity contribution in [1.29, 1.82) is 0 Å². The van der Waals surface area contributed by atoms with Gasteiger partial charge in [-0.3, -0.25) is 0 Å². The monoisotopic (exact) mass is 308 g/mol. The smallest absolute Gasteiger partial charge is 0.162 e. The van der Waals surface area contributed by atoms with E-state index in [9.17, 15) is 5.11 Å². The summed E-state index contributed by atoms with van der Waals surface area (Å²) < 4.78 is 0. The van der Waals surface area contributed by atoms with E-state index in [4.69, 9.17) is 4.99 Å². The van der Waals surface area contributed by atoms with Crippen LogP contribution in [0.5, 0.6) is 5.75 Å². The van der Waals surface area contributed by atoms with Crippen LogP contribution >= 0.6 is 0 Å². The van der Waals surface area contributed by atoms with Gasteiger partial charge in [-0.2, -0.15) is 0 Å². The number of aromatic hydroxyl groups is 1. The zero-order chi connectivity index (χ0) is 16.6. The summed E-state index contributed by atoms with van der Waals surface area (Å²) in [5.41, 5.74) is 5.58. The Hall–Kier alpha value is -2.69. The number of benzene rings is 1. The van der Waals surface area contributed by atoms with Gasteiger partial charge in [0.05, 0.1) is 5.69 Å². The predicted octanol–water partition coefficient (Wildman–Crippen LogP) is 3.85. The van der Waals surface area contributed by atoms with Gasteiger partial charge < -0.3 is 10.0 Å². The van der Waals surface area contributed by atoms with Crippen LogP contribution in [-0.2, 0) is 6.42 Å². The quantitative estimate of drug-likeness (QED) is 0.875. The molecule has 1 aliphatic rings. The van der Waals surface area contributed by atoms with Gasteiger partial charge in [0, 0.05) is 17.9 Å². The topological polar surface area (TPSA) is 61.6 Å². The number of rotatable bonds is 3. The van der Waals surface area contributed by atoms with Crippen LogP contribution in [-0.4, -0.2) is 27.3 Å². The fourth-order valence-electron chi connectivity index (χ4n) is 2.65. The van der Waals surface area contributed by atoms with Gasteiger partial charge in [0.15, 0.2) is 5.82 Å². The fourth-order valence-corrected chi connectivity index (χ4v) is 2.65. The summed E-state index contributed by atoms with van der Waals surface area (Å²) in [5, 5.41) is 9.66. The van der Waals surface area contributed by atoms with Crippen molar-refractivity contribution in [1.82, 2.24) is 9.97 Å². The van der Waals surface area contributed by atoms with E-state index in [1.54, 1.807) is 12.4 Å². The van der Waals surface area contributed by atoms with E-state index in [0.717, 1.165) is 52.7 Å². The summed E-state index contributed by atoms with van der Waals surface area (Å²) in [6.07, 6.45) is 2.44. The second-order valence-electron chi connectivity index (χ2n) is 5.82. The lowest BCUT2D eigenvalue weighted by Gasteiger charge is -2.20. The molecule has 5 nitrogen and oxygen atoms in total. The highest BCUT2D eigenvalue weighted by atomic mass is 16.3. The number of allylic oxidation sites excluding steroid dienone is 1. The first kappa shape index (κ1) is 15.2. The molecule has 0 spiro atoms. The SMILES string of the molecule is C=C(C)C(C)=Nc1c(C)ncnc1N1CCc2cc(O)ccc21. The van der Waals surface area contributed by atoms with Crippen LogP contribution in [0.1, 0.15) is 25.1 Å². The second-order valence-corrected chi connectivity index (χ2v) is 5.82. The lowest BCUT2D eigenvalue weighted by molar-refractivity contribution is 0.475. The molecule has 0 amide bonds. The largest absolute Gasteiger partial charge is 0.508 e. The molecule has 2 heterocycles. The van der Waals surface area contributed by atoms with E-state index in [2.05, 4.69) is 21.4 Å². The Labute approximate surface area is 136 Å². The van der Waals surface area contributed by atoms with E-state index < -0.39 is 0 Å². The molecule has 2 aromatic rings. The molecule has 118 valence electrons. The average Bonchev–Trinajstić information content (AvgIpc) is 2.91. The van der Waals surface area contributed by atoms with Crippen LogP contribution in [0.2, 0.25) is 0 Å². The van der Waals surface area contributed by atoms with Crippen molar-refractivity contribution >= 4 is 22.9 Å². The van der Waals surface area contributed by atoms with Crippen molar-refractivity contribution in [2.45, 2.75) is 27.2 Å². The van der Waals surface area contributed by atoms with Gasteiger partial charge in [0.25, 0.3) is 0 Å². The third-order valence-corrected chi connectivity index (χ3v) is 4.10. The van der Waals surface area contributed by atoms with Gasteiger partial charge in [-0.05, 0) is 56.5 Å². The predicted molar refractivity (Wildman–Crippen MR) is 93.2 cm³/mol. The molecule has 1 aliphatic heterocycles. The van der Waals surface area contributed by atoms with Crippen molar-refractivity contribution in [3.8, 4) is 5.75 Å². The first-order chi connectivity index (χ1) is 11.0. The highest BCUT2D eigenvalue weighted by Crippen LogP contribution is 2.40. The number of hydrogen-bond donors (Lipinski definition) is 1. The van der Waals surface area contributed by atoms with Crippen molar-refractivity contribution in [2.24, 2.45) is 4.99 Å². The summed E-state index contributed by atoms with van der Waals surface area (Å²) in [6.45, 7) is 10.6. The number of aromatic nitrogens is 2. The van der Waals surface area contributed by atoms with E-state index in [0.29, 0.717) is 5.75 Å².